The van der Waals surface area contributed by atoms with Crippen LogP contribution in [0.3, 0.4) is 0 Å². The molecule has 0 aliphatic heterocycles. The molecule has 0 spiro atoms. The van der Waals surface area contributed by atoms with Crippen molar-refractivity contribution in [3.8, 4) is 0 Å². The van der Waals surface area contributed by atoms with E-state index in [9.17, 15) is 14.4 Å². The van der Waals surface area contributed by atoms with E-state index in [1.165, 1.54) is 23.9 Å². The molecule has 1 aromatic carbocycles. The fraction of sp³-hybridized carbons (Fsp3) is 0.350. The van der Waals surface area contributed by atoms with Gasteiger partial charge in [-0.1, -0.05) is 30.3 Å². The minimum Gasteiger partial charge on any atom is -0.355 e. The average molecular weight is 370 g/mol. The lowest BCUT2D eigenvalue weighted by Crippen LogP contribution is -2.34. The maximum Gasteiger partial charge on any atom is 0.263 e. The second-order valence-electron chi connectivity index (χ2n) is 6.55. The van der Waals surface area contributed by atoms with Crippen LogP contribution in [0.4, 0.5) is 0 Å². The Hall–Kier alpha value is -2.93. The number of benzene rings is 1. The maximum atomic E-state index is 12.6. The molecule has 7 nitrogen and oxygen atoms in total. The fourth-order valence-corrected chi connectivity index (χ4v) is 2.65. The van der Waals surface area contributed by atoms with E-state index in [1.807, 2.05) is 49.3 Å². The second-order valence-corrected chi connectivity index (χ2v) is 6.55. The summed E-state index contributed by atoms with van der Waals surface area (Å²) in [6.07, 6.45) is 2.31. The van der Waals surface area contributed by atoms with Crippen molar-refractivity contribution < 1.29 is 9.59 Å². The minimum atomic E-state index is -0.510. The molecule has 0 saturated heterocycles. The highest BCUT2D eigenvalue weighted by Gasteiger charge is 2.16. The molecule has 2 rings (SSSR count). The van der Waals surface area contributed by atoms with Crippen LogP contribution >= 0.6 is 0 Å². The Morgan fingerprint density at radius 3 is 2.44 bits per heavy atom. The average Bonchev–Trinajstić information content (AvgIpc) is 2.66. The van der Waals surface area contributed by atoms with E-state index in [0.29, 0.717) is 6.54 Å². The lowest BCUT2D eigenvalue weighted by molar-refractivity contribution is 0.0951. The summed E-state index contributed by atoms with van der Waals surface area (Å²) in [6, 6.07) is 10.8. The largest absolute Gasteiger partial charge is 0.355 e. The van der Waals surface area contributed by atoms with Gasteiger partial charge in [-0.15, -0.1) is 0 Å². The number of aromatic nitrogens is 1. The SMILES string of the molecule is CNC(=O)c1cc(C(=O)NCCCN(C)C)cn(Cc2ccccc2)c1=O. The Bertz CT molecular complexity index is 844. The standard InChI is InChI=1S/C20H26N4O3/c1-21-19(26)17-12-16(18(25)22-10-7-11-23(2)3)14-24(20(17)27)13-15-8-5-4-6-9-15/h4-6,8-9,12,14H,7,10-11,13H2,1-3H3,(H,21,26)(H,22,25). The third-order valence-corrected chi connectivity index (χ3v) is 4.08. The Kier molecular flexibility index (Phi) is 7.31. The Labute approximate surface area is 159 Å². The lowest BCUT2D eigenvalue weighted by atomic mass is 10.1. The van der Waals surface area contributed by atoms with E-state index >= 15 is 0 Å². The van der Waals surface area contributed by atoms with Crippen molar-refractivity contribution in [3.05, 3.63) is 69.6 Å². The summed E-state index contributed by atoms with van der Waals surface area (Å²) in [4.78, 5) is 39.3. The van der Waals surface area contributed by atoms with Crippen molar-refractivity contribution in [2.45, 2.75) is 13.0 Å². The molecule has 0 unspecified atom stereocenters. The predicted octanol–water partition coefficient (Wildman–Crippen LogP) is 0.938. The van der Waals surface area contributed by atoms with Crippen molar-refractivity contribution in [1.82, 2.24) is 20.1 Å². The summed E-state index contributed by atoms with van der Waals surface area (Å²) in [5, 5.41) is 5.29. The molecule has 27 heavy (non-hydrogen) atoms. The van der Waals surface area contributed by atoms with Gasteiger partial charge in [0.1, 0.15) is 5.56 Å². The zero-order valence-electron chi connectivity index (χ0n) is 16.0. The van der Waals surface area contributed by atoms with Gasteiger partial charge in [-0.25, -0.2) is 0 Å². The molecular weight excluding hydrogens is 344 g/mol. The number of amides is 2. The summed E-state index contributed by atoms with van der Waals surface area (Å²) in [5.74, 6) is -0.815. The van der Waals surface area contributed by atoms with Crippen molar-refractivity contribution in [3.63, 3.8) is 0 Å². The van der Waals surface area contributed by atoms with E-state index in [1.54, 1.807) is 0 Å². The zero-order chi connectivity index (χ0) is 19.8. The van der Waals surface area contributed by atoms with E-state index in [4.69, 9.17) is 0 Å². The molecule has 1 heterocycles. The molecule has 144 valence electrons. The van der Waals surface area contributed by atoms with Crippen molar-refractivity contribution in [1.29, 1.82) is 0 Å². The maximum absolute atomic E-state index is 12.6. The Morgan fingerprint density at radius 1 is 1.11 bits per heavy atom. The Morgan fingerprint density at radius 2 is 1.81 bits per heavy atom. The molecule has 0 aliphatic carbocycles. The second kappa shape index (κ2) is 9.68. The van der Waals surface area contributed by atoms with Gasteiger partial charge < -0.3 is 20.1 Å². The van der Waals surface area contributed by atoms with Gasteiger partial charge in [-0.3, -0.25) is 14.4 Å². The predicted molar refractivity (Wildman–Crippen MR) is 105 cm³/mol. The van der Waals surface area contributed by atoms with Gasteiger partial charge in [0.15, 0.2) is 0 Å². The summed E-state index contributed by atoms with van der Waals surface area (Å²) < 4.78 is 1.40. The molecule has 0 aliphatic rings. The first kappa shape index (κ1) is 20.4. The number of hydrogen-bond acceptors (Lipinski definition) is 4. The first-order valence-electron chi connectivity index (χ1n) is 8.85. The van der Waals surface area contributed by atoms with Crippen molar-refractivity contribution in [2.24, 2.45) is 0 Å². The van der Waals surface area contributed by atoms with E-state index in [-0.39, 0.29) is 23.6 Å². The van der Waals surface area contributed by atoms with Crippen LogP contribution in [-0.4, -0.2) is 55.5 Å². The molecule has 2 amide bonds. The number of pyridine rings is 1. The van der Waals surface area contributed by atoms with Gasteiger partial charge in [-0.2, -0.15) is 0 Å². The van der Waals surface area contributed by atoms with Crippen LogP contribution in [0.2, 0.25) is 0 Å². The molecular formula is C20H26N4O3. The topological polar surface area (TPSA) is 83.4 Å². The molecule has 0 fully saturated rings. The quantitative estimate of drug-likeness (QED) is 0.678. The summed E-state index contributed by atoms with van der Waals surface area (Å²) in [7, 11) is 5.39. The molecule has 2 N–H and O–H groups in total. The third kappa shape index (κ3) is 5.79. The summed E-state index contributed by atoms with van der Waals surface area (Å²) in [6.45, 7) is 1.66. The fourth-order valence-electron chi connectivity index (χ4n) is 2.65. The zero-order valence-corrected chi connectivity index (χ0v) is 16.0. The number of carbonyl (C=O) groups excluding carboxylic acids is 2. The number of hydrogen-bond donors (Lipinski definition) is 2. The number of nitrogens with one attached hydrogen (secondary N) is 2. The smallest absolute Gasteiger partial charge is 0.263 e. The van der Waals surface area contributed by atoms with Gasteiger partial charge in [-0.05, 0) is 38.7 Å². The van der Waals surface area contributed by atoms with Gasteiger partial charge in [0.2, 0.25) is 0 Å². The summed E-state index contributed by atoms with van der Waals surface area (Å²) in [5.41, 5.74) is 0.719. The monoisotopic (exact) mass is 370 g/mol. The van der Waals surface area contributed by atoms with Crippen LogP contribution in [0.5, 0.6) is 0 Å². The molecule has 2 aromatic rings. The highest BCUT2D eigenvalue weighted by molar-refractivity contribution is 5.99. The Balaban J connectivity index is 2.28. The van der Waals surface area contributed by atoms with E-state index < -0.39 is 11.5 Å². The molecule has 0 saturated carbocycles. The molecule has 1 aromatic heterocycles. The number of carbonyl (C=O) groups is 2. The number of nitrogens with zero attached hydrogens (tertiary/aromatic N) is 2. The summed E-state index contributed by atoms with van der Waals surface area (Å²) >= 11 is 0. The van der Waals surface area contributed by atoms with Gasteiger partial charge in [0, 0.05) is 19.8 Å². The van der Waals surface area contributed by atoms with Gasteiger partial charge in [0.25, 0.3) is 17.4 Å². The van der Waals surface area contributed by atoms with E-state index in [2.05, 4.69) is 10.6 Å². The third-order valence-electron chi connectivity index (χ3n) is 4.08. The van der Waals surface area contributed by atoms with Crippen molar-refractivity contribution >= 4 is 11.8 Å². The van der Waals surface area contributed by atoms with Gasteiger partial charge >= 0.3 is 0 Å². The minimum absolute atomic E-state index is 0.0469. The molecule has 0 atom stereocenters. The van der Waals surface area contributed by atoms with Crippen LogP contribution in [0.25, 0.3) is 0 Å². The first-order valence-corrected chi connectivity index (χ1v) is 8.85. The highest BCUT2D eigenvalue weighted by Crippen LogP contribution is 2.06. The number of rotatable bonds is 8. The molecule has 7 heteroatoms. The normalized spacial score (nSPS) is 10.7. The lowest BCUT2D eigenvalue weighted by Gasteiger charge is -2.13. The van der Waals surface area contributed by atoms with Crippen LogP contribution in [0.15, 0.2) is 47.4 Å². The molecule has 0 radical (unpaired) electrons. The first-order chi connectivity index (χ1) is 12.9. The van der Waals surface area contributed by atoms with Gasteiger partial charge in [0.05, 0.1) is 12.1 Å². The van der Waals surface area contributed by atoms with Crippen LogP contribution in [0.1, 0.15) is 32.7 Å². The molecule has 0 bridgehead atoms. The van der Waals surface area contributed by atoms with E-state index in [0.717, 1.165) is 18.5 Å². The van der Waals surface area contributed by atoms with Crippen LogP contribution in [0, 0.1) is 0 Å². The van der Waals surface area contributed by atoms with Crippen molar-refractivity contribution in [2.75, 3.05) is 34.2 Å². The highest BCUT2D eigenvalue weighted by atomic mass is 16.2. The van der Waals surface area contributed by atoms with Crippen LogP contribution < -0.4 is 16.2 Å². The van der Waals surface area contributed by atoms with Crippen LogP contribution in [-0.2, 0) is 6.54 Å².